The monoisotopic (exact) mass is 339 g/mol. The van der Waals surface area contributed by atoms with Gasteiger partial charge in [0.25, 0.3) is 5.91 Å². The highest BCUT2D eigenvalue weighted by atomic mass is 35.5. The summed E-state index contributed by atoms with van der Waals surface area (Å²) in [5, 5.41) is 3.09. The minimum absolute atomic E-state index is 0. The zero-order valence-corrected chi connectivity index (χ0v) is 14.1. The van der Waals surface area contributed by atoms with Gasteiger partial charge in [-0.05, 0) is 25.7 Å². The van der Waals surface area contributed by atoms with Crippen molar-refractivity contribution < 1.29 is 4.79 Å². The first-order chi connectivity index (χ1) is 8.72. The number of carbonyl (C=O) groups is 1. The number of hydrogen-bond acceptors (Lipinski definition) is 4. The maximum atomic E-state index is 12.1. The number of nitrogens with two attached hydrogens (primary N) is 1. The summed E-state index contributed by atoms with van der Waals surface area (Å²) < 4.78 is 0. The molecule has 1 aliphatic rings. The molecule has 1 saturated carbocycles. The fourth-order valence-corrected chi connectivity index (χ4v) is 3.36. The molecule has 1 aliphatic carbocycles. The molecule has 1 heterocycles. The Hall–Kier alpha value is -0.360. The van der Waals surface area contributed by atoms with Crippen molar-refractivity contribution in [3.63, 3.8) is 0 Å². The number of nitrogens with one attached hydrogen (secondary N) is 1. The standard InChI is InChI=1S/C13H21N3OS.2ClH/c1-9-12(18-8-15-9)13(17)16-11(7-14)10-5-3-2-4-6-10;;/h8,10-11H,2-7,14H2,1H3,(H,16,17);2*1H. The molecule has 7 heteroatoms. The lowest BCUT2D eigenvalue weighted by Gasteiger charge is -2.29. The molecule has 0 spiro atoms. The largest absolute Gasteiger partial charge is 0.347 e. The van der Waals surface area contributed by atoms with Gasteiger partial charge in [-0.1, -0.05) is 19.3 Å². The zero-order chi connectivity index (χ0) is 13.0. The molecule has 0 saturated heterocycles. The predicted molar refractivity (Wildman–Crippen MR) is 88.2 cm³/mol. The van der Waals surface area contributed by atoms with E-state index < -0.39 is 0 Å². The van der Waals surface area contributed by atoms with Crippen LogP contribution in [0, 0.1) is 12.8 Å². The minimum Gasteiger partial charge on any atom is -0.347 e. The minimum atomic E-state index is -0.0176. The lowest BCUT2D eigenvalue weighted by atomic mass is 9.84. The first kappa shape index (κ1) is 19.6. The first-order valence-electron chi connectivity index (χ1n) is 6.63. The fourth-order valence-electron chi connectivity index (χ4n) is 2.66. The van der Waals surface area contributed by atoms with Crippen LogP contribution < -0.4 is 11.1 Å². The first-order valence-corrected chi connectivity index (χ1v) is 7.51. The number of halogens is 2. The van der Waals surface area contributed by atoms with Crippen LogP contribution in [-0.2, 0) is 0 Å². The van der Waals surface area contributed by atoms with Crippen LogP contribution in [0.3, 0.4) is 0 Å². The summed E-state index contributed by atoms with van der Waals surface area (Å²) in [4.78, 5) is 17.0. The molecule has 1 atom stereocenters. The third-order valence-corrected chi connectivity index (χ3v) is 4.67. The second kappa shape index (κ2) is 9.55. The van der Waals surface area contributed by atoms with Crippen LogP contribution in [0.5, 0.6) is 0 Å². The molecule has 3 N–H and O–H groups in total. The quantitative estimate of drug-likeness (QED) is 0.885. The molecule has 1 aromatic heterocycles. The third kappa shape index (κ3) is 4.88. The van der Waals surface area contributed by atoms with Gasteiger partial charge in [0, 0.05) is 12.6 Å². The number of aromatic nitrogens is 1. The van der Waals surface area contributed by atoms with Gasteiger partial charge in [-0.25, -0.2) is 4.98 Å². The molecule has 2 rings (SSSR count). The van der Waals surface area contributed by atoms with Gasteiger partial charge in [0.2, 0.25) is 0 Å². The fraction of sp³-hybridized carbons (Fsp3) is 0.692. The van der Waals surface area contributed by atoms with Crippen LogP contribution in [-0.4, -0.2) is 23.5 Å². The Bertz CT molecular complexity index is 408. The van der Waals surface area contributed by atoms with Crippen molar-refractivity contribution >= 4 is 42.1 Å². The van der Waals surface area contributed by atoms with E-state index >= 15 is 0 Å². The molecule has 1 amide bonds. The Morgan fingerprint density at radius 2 is 2.10 bits per heavy atom. The summed E-state index contributed by atoms with van der Waals surface area (Å²) in [7, 11) is 0. The Balaban J connectivity index is 0.00000180. The van der Waals surface area contributed by atoms with E-state index in [0.29, 0.717) is 17.3 Å². The summed E-state index contributed by atoms with van der Waals surface area (Å²) in [6.07, 6.45) is 6.20. The second-order valence-electron chi connectivity index (χ2n) is 4.98. The lowest BCUT2D eigenvalue weighted by molar-refractivity contribution is 0.0919. The van der Waals surface area contributed by atoms with Crippen LogP contribution in [0.4, 0.5) is 0 Å². The van der Waals surface area contributed by atoms with Crippen molar-refractivity contribution in [2.24, 2.45) is 11.7 Å². The van der Waals surface area contributed by atoms with Gasteiger partial charge in [-0.15, -0.1) is 36.2 Å². The average molecular weight is 340 g/mol. The Kier molecular flexibility index (Phi) is 9.38. The molecular weight excluding hydrogens is 317 g/mol. The second-order valence-corrected chi connectivity index (χ2v) is 5.84. The molecule has 1 unspecified atom stereocenters. The van der Waals surface area contributed by atoms with Crippen LogP contribution in [0.25, 0.3) is 0 Å². The predicted octanol–water partition coefficient (Wildman–Crippen LogP) is 2.93. The van der Waals surface area contributed by atoms with Gasteiger partial charge < -0.3 is 11.1 Å². The molecule has 1 fully saturated rings. The molecule has 20 heavy (non-hydrogen) atoms. The number of aryl methyl sites for hydroxylation is 1. The van der Waals surface area contributed by atoms with E-state index in [-0.39, 0.29) is 36.8 Å². The van der Waals surface area contributed by atoms with Crippen molar-refractivity contribution in [3.8, 4) is 0 Å². The summed E-state index contributed by atoms with van der Waals surface area (Å²) in [5.41, 5.74) is 8.33. The maximum Gasteiger partial charge on any atom is 0.263 e. The number of amides is 1. The van der Waals surface area contributed by atoms with Crippen LogP contribution in [0.1, 0.15) is 47.5 Å². The molecular formula is C13H23Cl2N3OS. The Morgan fingerprint density at radius 1 is 1.45 bits per heavy atom. The Labute approximate surface area is 136 Å². The molecule has 1 aromatic rings. The van der Waals surface area contributed by atoms with E-state index in [1.165, 1.54) is 43.4 Å². The summed E-state index contributed by atoms with van der Waals surface area (Å²) >= 11 is 1.39. The van der Waals surface area contributed by atoms with Crippen molar-refractivity contribution in [2.45, 2.75) is 45.1 Å². The van der Waals surface area contributed by atoms with Crippen LogP contribution in [0.2, 0.25) is 0 Å². The summed E-state index contributed by atoms with van der Waals surface area (Å²) in [6, 6.07) is 0.110. The van der Waals surface area contributed by atoms with Crippen LogP contribution in [0.15, 0.2) is 5.51 Å². The smallest absolute Gasteiger partial charge is 0.263 e. The van der Waals surface area contributed by atoms with Gasteiger partial charge in [-0.3, -0.25) is 4.79 Å². The van der Waals surface area contributed by atoms with Gasteiger partial charge in [0.15, 0.2) is 0 Å². The summed E-state index contributed by atoms with van der Waals surface area (Å²) in [6.45, 7) is 2.39. The van der Waals surface area contributed by atoms with Gasteiger partial charge in [0.05, 0.1) is 11.2 Å². The van der Waals surface area contributed by atoms with E-state index in [0.717, 1.165) is 5.69 Å². The molecule has 116 valence electrons. The maximum absolute atomic E-state index is 12.1. The van der Waals surface area contributed by atoms with E-state index in [1.807, 2.05) is 6.92 Å². The van der Waals surface area contributed by atoms with Crippen molar-refractivity contribution in [2.75, 3.05) is 6.54 Å². The topological polar surface area (TPSA) is 68.0 Å². The molecule has 0 aliphatic heterocycles. The summed E-state index contributed by atoms with van der Waals surface area (Å²) in [5.74, 6) is 0.525. The highest BCUT2D eigenvalue weighted by molar-refractivity contribution is 7.11. The third-order valence-electron chi connectivity index (χ3n) is 3.74. The normalized spacial score (nSPS) is 16.7. The van der Waals surface area contributed by atoms with E-state index in [9.17, 15) is 4.79 Å². The highest BCUT2D eigenvalue weighted by Crippen LogP contribution is 2.26. The molecule has 4 nitrogen and oxygen atoms in total. The number of nitrogens with zero attached hydrogens (tertiary/aromatic N) is 1. The van der Waals surface area contributed by atoms with Crippen LogP contribution >= 0.6 is 36.2 Å². The number of carbonyl (C=O) groups excluding carboxylic acids is 1. The van der Waals surface area contributed by atoms with Gasteiger partial charge >= 0.3 is 0 Å². The van der Waals surface area contributed by atoms with Gasteiger partial charge in [-0.2, -0.15) is 0 Å². The molecule has 0 bridgehead atoms. The van der Waals surface area contributed by atoms with Crippen molar-refractivity contribution in [1.82, 2.24) is 10.3 Å². The Morgan fingerprint density at radius 3 is 2.60 bits per heavy atom. The average Bonchev–Trinajstić information content (AvgIpc) is 2.83. The number of hydrogen-bond donors (Lipinski definition) is 2. The van der Waals surface area contributed by atoms with Gasteiger partial charge in [0.1, 0.15) is 4.88 Å². The van der Waals surface area contributed by atoms with E-state index in [4.69, 9.17) is 5.73 Å². The number of rotatable bonds is 4. The number of thiazole rings is 1. The lowest BCUT2D eigenvalue weighted by Crippen LogP contribution is -2.45. The van der Waals surface area contributed by atoms with Crippen molar-refractivity contribution in [3.05, 3.63) is 16.1 Å². The SMILES string of the molecule is Cc1ncsc1C(=O)NC(CN)C1CCCCC1.Cl.Cl. The molecule has 0 radical (unpaired) electrons. The zero-order valence-electron chi connectivity index (χ0n) is 11.6. The van der Waals surface area contributed by atoms with E-state index in [1.54, 1.807) is 5.51 Å². The highest BCUT2D eigenvalue weighted by Gasteiger charge is 2.25. The van der Waals surface area contributed by atoms with Crippen molar-refractivity contribution in [1.29, 1.82) is 0 Å². The van der Waals surface area contributed by atoms with E-state index in [2.05, 4.69) is 10.3 Å². The molecule has 0 aromatic carbocycles.